The fraction of sp³-hybridized carbons (Fsp3) is 0. The minimum Gasteiger partial charge on any atom is -0.268 e. The van der Waals surface area contributed by atoms with Gasteiger partial charge in [0.1, 0.15) is 0 Å². The number of thioether (sulfide) groups is 1. The number of carbonyl (C=O) groups is 2. The van der Waals surface area contributed by atoms with Crippen molar-refractivity contribution in [3.8, 4) is 0 Å². The summed E-state index contributed by atoms with van der Waals surface area (Å²) >= 11 is 9.45. The van der Waals surface area contributed by atoms with E-state index in [1.807, 2.05) is 0 Å². The summed E-state index contributed by atoms with van der Waals surface area (Å²) in [5, 5.41) is 10.9. The lowest BCUT2D eigenvalue weighted by Crippen LogP contribution is -2.34. The van der Waals surface area contributed by atoms with Gasteiger partial charge in [0.05, 0.1) is 15.4 Å². The molecule has 0 spiro atoms. The second-order valence-corrected chi connectivity index (χ2v) is 7.68. The van der Waals surface area contributed by atoms with Crippen molar-refractivity contribution in [1.82, 2.24) is 4.90 Å². The third kappa shape index (κ3) is 3.59. The molecule has 0 aliphatic carbocycles. The molecule has 0 unspecified atom stereocenters. The van der Waals surface area contributed by atoms with Gasteiger partial charge in [-0.2, -0.15) is 0 Å². The highest BCUT2D eigenvalue weighted by Crippen LogP contribution is 2.34. The highest BCUT2D eigenvalue weighted by molar-refractivity contribution is 9.10. The van der Waals surface area contributed by atoms with Gasteiger partial charge in [-0.05, 0) is 39.7 Å². The molecule has 6 nitrogen and oxygen atoms in total. The van der Waals surface area contributed by atoms with Crippen LogP contribution in [-0.4, -0.2) is 26.0 Å². The zero-order valence-electron chi connectivity index (χ0n) is 12.9. The third-order valence-electron chi connectivity index (χ3n) is 3.48. The van der Waals surface area contributed by atoms with Gasteiger partial charge < -0.3 is 0 Å². The Kier molecular flexibility index (Phi) is 5.30. The molecule has 3 rings (SSSR count). The quantitative estimate of drug-likeness (QED) is 0.227. The molecule has 1 heterocycles. The van der Waals surface area contributed by atoms with Crippen molar-refractivity contribution in [2.24, 2.45) is 0 Å². The van der Waals surface area contributed by atoms with Crippen LogP contribution in [0.25, 0.3) is 6.08 Å². The molecule has 0 atom stereocenters. The van der Waals surface area contributed by atoms with Crippen LogP contribution in [0.1, 0.15) is 15.9 Å². The maximum absolute atomic E-state index is 12.7. The lowest BCUT2D eigenvalue weighted by Gasteiger charge is -2.13. The molecule has 1 saturated heterocycles. The van der Waals surface area contributed by atoms with E-state index in [2.05, 4.69) is 15.9 Å². The minimum atomic E-state index is -0.549. The van der Waals surface area contributed by atoms with Crippen LogP contribution in [0.4, 0.5) is 5.69 Å². The van der Waals surface area contributed by atoms with E-state index >= 15 is 0 Å². The zero-order chi connectivity index (χ0) is 18.8. The molecule has 9 heteroatoms. The molecule has 130 valence electrons. The summed E-state index contributed by atoms with van der Waals surface area (Å²) in [7, 11) is 0. The monoisotopic (exact) mass is 448 g/mol. The molecular formula is C17H9BrN2O4S2. The number of nitro benzene ring substituents is 1. The Hall–Kier alpha value is -2.36. The minimum absolute atomic E-state index is 0.0847. The SMILES string of the molecule is O=C1/C(=C\c2cccc([N+](=O)[O-])c2)SC(=S)N1C(=O)c1ccccc1Br. The summed E-state index contributed by atoms with van der Waals surface area (Å²) < 4.78 is 0.675. The van der Waals surface area contributed by atoms with Gasteiger partial charge in [-0.15, -0.1) is 0 Å². The maximum atomic E-state index is 12.7. The van der Waals surface area contributed by atoms with Crippen molar-refractivity contribution in [2.45, 2.75) is 0 Å². The molecule has 0 N–H and O–H groups in total. The first-order valence-electron chi connectivity index (χ1n) is 7.20. The molecule has 1 aliphatic heterocycles. The smallest absolute Gasteiger partial charge is 0.268 e. The molecule has 0 saturated carbocycles. The lowest BCUT2D eigenvalue weighted by molar-refractivity contribution is -0.384. The van der Waals surface area contributed by atoms with Crippen LogP contribution in [0, 0.1) is 10.1 Å². The van der Waals surface area contributed by atoms with Gasteiger partial charge in [0, 0.05) is 16.6 Å². The fourth-order valence-corrected chi connectivity index (χ4v) is 3.99. The van der Waals surface area contributed by atoms with Crippen LogP contribution in [0.15, 0.2) is 57.9 Å². The van der Waals surface area contributed by atoms with Crippen molar-refractivity contribution in [3.05, 3.63) is 79.2 Å². The number of nitro groups is 1. The Morgan fingerprint density at radius 3 is 2.65 bits per heavy atom. The first-order valence-corrected chi connectivity index (χ1v) is 9.21. The first kappa shape index (κ1) is 18.4. The molecule has 26 heavy (non-hydrogen) atoms. The predicted octanol–water partition coefficient (Wildman–Crippen LogP) is 4.40. The van der Waals surface area contributed by atoms with Crippen molar-refractivity contribution in [2.75, 3.05) is 0 Å². The summed E-state index contributed by atoms with van der Waals surface area (Å²) in [4.78, 5) is 36.9. The van der Waals surface area contributed by atoms with Gasteiger partial charge in [0.25, 0.3) is 17.5 Å². The summed E-state index contributed by atoms with van der Waals surface area (Å²) in [6.07, 6.45) is 1.49. The number of hydrogen-bond acceptors (Lipinski definition) is 6. The number of benzene rings is 2. The molecule has 0 bridgehead atoms. The standard InChI is InChI=1S/C17H9BrN2O4S2/c18-13-7-2-1-6-12(13)15(21)19-16(22)14(26-17(19)25)9-10-4-3-5-11(8-10)20(23)24/h1-9H/b14-9+. The molecule has 0 radical (unpaired) electrons. The van der Waals surface area contributed by atoms with Crippen molar-refractivity contribution >= 4 is 67.8 Å². The Bertz CT molecular complexity index is 990. The van der Waals surface area contributed by atoms with E-state index < -0.39 is 16.7 Å². The van der Waals surface area contributed by atoms with Crippen molar-refractivity contribution in [1.29, 1.82) is 0 Å². The van der Waals surface area contributed by atoms with E-state index in [-0.39, 0.29) is 14.9 Å². The summed E-state index contributed by atoms with van der Waals surface area (Å²) in [6.45, 7) is 0. The number of rotatable bonds is 3. The lowest BCUT2D eigenvalue weighted by atomic mass is 10.1. The average molecular weight is 449 g/mol. The third-order valence-corrected chi connectivity index (χ3v) is 5.47. The van der Waals surface area contributed by atoms with Crippen LogP contribution in [0.3, 0.4) is 0 Å². The fourth-order valence-electron chi connectivity index (χ4n) is 2.28. The summed E-state index contributed by atoms with van der Waals surface area (Å²) in [5.41, 5.74) is 0.715. The Morgan fingerprint density at radius 2 is 1.96 bits per heavy atom. The molecular weight excluding hydrogens is 440 g/mol. The normalized spacial score (nSPS) is 15.6. The Balaban J connectivity index is 1.92. The van der Waals surface area contributed by atoms with E-state index in [0.717, 1.165) is 16.7 Å². The van der Waals surface area contributed by atoms with E-state index in [1.165, 1.54) is 24.3 Å². The Morgan fingerprint density at radius 1 is 1.23 bits per heavy atom. The number of amides is 2. The van der Waals surface area contributed by atoms with Crippen molar-refractivity contribution < 1.29 is 14.5 Å². The van der Waals surface area contributed by atoms with Crippen LogP contribution < -0.4 is 0 Å². The number of imide groups is 1. The second-order valence-electron chi connectivity index (χ2n) is 5.15. The first-order chi connectivity index (χ1) is 12.4. The molecule has 2 aromatic carbocycles. The molecule has 2 amide bonds. The van der Waals surface area contributed by atoms with E-state index in [0.29, 0.717) is 15.6 Å². The van der Waals surface area contributed by atoms with Gasteiger partial charge in [-0.25, -0.2) is 4.90 Å². The van der Waals surface area contributed by atoms with Crippen LogP contribution >= 0.6 is 39.9 Å². The summed E-state index contributed by atoms with van der Waals surface area (Å²) in [5.74, 6) is -1.07. The van der Waals surface area contributed by atoms with Crippen LogP contribution in [0.2, 0.25) is 0 Å². The maximum Gasteiger partial charge on any atom is 0.273 e. The zero-order valence-corrected chi connectivity index (χ0v) is 16.1. The molecule has 1 fully saturated rings. The van der Waals surface area contributed by atoms with E-state index in [9.17, 15) is 19.7 Å². The summed E-state index contributed by atoms with van der Waals surface area (Å²) in [6, 6.07) is 12.6. The van der Waals surface area contributed by atoms with Gasteiger partial charge in [-0.3, -0.25) is 19.7 Å². The number of nitrogens with zero attached hydrogens (tertiary/aromatic N) is 2. The van der Waals surface area contributed by atoms with E-state index in [4.69, 9.17) is 12.2 Å². The topological polar surface area (TPSA) is 80.5 Å². The molecule has 0 aromatic heterocycles. The van der Waals surface area contributed by atoms with Crippen LogP contribution in [0.5, 0.6) is 0 Å². The van der Waals surface area contributed by atoms with Gasteiger partial charge >= 0.3 is 0 Å². The van der Waals surface area contributed by atoms with Crippen molar-refractivity contribution in [3.63, 3.8) is 0 Å². The average Bonchev–Trinajstić information content (AvgIpc) is 2.88. The number of thiocarbonyl (C=S) groups is 1. The highest BCUT2D eigenvalue weighted by Gasteiger charge is 2.37. The highest BCUT2D eigenvalue weighted by atomic mass is 79.9. The number of carbonyl (C=O) groups excluding carboxylic acids is 2. The van der Waals surface area contributed by atoms with Gasteiger partial charge in [0.2, 0.25) is 0 Å². The largest absolute Gasteiger partial charge is 0.273 e. The van der Waals surface area contributed by atoms with Gasteiger partial charge in [-0.1, -0.05) is 48.2 Å². The van der Waals surface area contributed by atoms with Gasteiger partial charge in [0.15, 0.2) is 4.32 Å². The molecule has 2 aromatic rings. The number of halogens is 1. The Labute approximate surface area is 166 Å². The second kappa shape index (κ2) is 7.48. The number of hydrogen-bond donors (Lipinski definition) is 0. The van der Waals surface area contributed by atoms with Crippen LogP contribution in [-0.2, 0) is 4.79 Å². The number of non-ortho nitro benzene ring substituents is 1. The predicted molar refractivity (Wildman–Crippen MR) is 107 cm³/mol. The van der Waals surface area contributed by atoms with E-state index in [1.54, 1.807) is 30.3 Å². The molecule has 1 aliphatic rings.